The number of fused-ring (bicyclic) bond motifs is 1. The Labute approximate surface area is 135 Å². The van der Waals surface area contributed by atoms with Gasteiger partial charge in [-0.2, -0.15) is 0 Å². The number of anilines is 1. The molecule has 1 aliphatic heterocycles. The van der Waals surface area contributed by atoms with Crippen LogP contribution >= 0.6 is 27.7 Å². The van der Waals surface area contributed by atoms with Gasteiger partial charge in [0, 0.05) is 22.9 Å². The fourth-order valence-electron chi connectivity index (χ4n) is 2.32. The summed E-state index contributed by atoms with van der Waals surface area (Å²) in [7, 11) is 0. The predicted octanol–water partition coefficient (Wildman–Crippen LogP) is 3.67. The van der Waals surface area contributed by atoms with Gasteiger partial charge in [-0.05, 0) is 23.2 Å². The van der Waals surface area contributed by atoms with Crippen LogP contribution in [-0.4, -0.2) is 33.3 Å². The molecule has 1 aliphatic rings. The van der Waals surface area contributed by atoms with Crippen LogP contribution in [0.25, 0.3) is 10.8 Å². The number of carbonyl (C=O) groups excluding carboxylic acids is 2. The number of hydrogen-bond donors (Lipinski definition) is 1. The lowest BCUT2D eigenvalue weighted by Gasteiger charge is -2.15. The summed E-state index contributed by atoms with van der Waals surface area (Å²) in [5.41, 5.74) is 0.868. The van der Waals surface area contributed by atoms with E-state index in [4.69, 9.17) is 0 Å². The summed E-state index contributed by atoms with van der Waals surface area (Å²) in [5, 5.41) is 5.17. The first-order chi connectivity index (χ1) is 10.2. The number of halogens is 1. The number of rotatable bonds is 4. The van der Waals surface area contributed by atoms with Crippen molar-refractivity contribution in [1.29, 1.82) is 0 Å². The average Bonchev–Trinajstić information content (AvgIpc) is 2.76. The highest BCUT2D eigenvalue weighted by Gasteiger charge is 2.39. The van der Waals surface area contributed by atoms with Gasteiger partial charge in [-0.3, -0.25) is 14.5 Å². The van der Waals surface area contributed by atoms with Gasteiger partial charge in [0.15, 0.2) is 5.37 Å². The van der Waals surface area contributed by atoms with E-state index in [1.54, 1.807) is 0 Å². The van der Waals surface area contributed by atoms with E-state index in [0.29, 0.717) is 11.9 Å². The van der Waals surface area contributed by atoms with E-state index in [1.165, 1.54) is 4.90 Å². The summed E-state index contributed by atoms with van der Waals surface area (Å²) in [6.07, 6.45) is 0. The molecule has 0 spiro atoms. The number of nitrogens with one attached hydrogen (secondary N) is 1. The average molecular weight is 365 g/mol. The number of benzene rings is 2. The second-order valence-corrected chi connectivity index (χ2v) is 6.46. The van der Waals surface area contributed by atoms with Crippen molar-refractivity contribution in [2.24, 2.45) is 0 Å². The molecule has 3 rings (SSSR count). The molecule has 0 saturated carbocycles. The maximum absolute atomic E-state index is 12.2. The van der Waals surface area contributed by atoms with Crippen molar-refractivity contribution in [2.45, 2.75) is 5.37 Å². The topological polar surface area (TPSA) is 49.4 Å². The Morgan fingerprint density at radius 1 is 1.14 bits per heavy atom. The highest BCUT2D eigenvalue weighted by molar-refractivity contribution is 9.09. The maximum Gasteiger partial charge on any atom is 0.290 e. The lowest BCUT2D eigenvalue weighted by Crippen LogP contribution is -2.35. The minimum atomic E-state index is -0.553. The third-order valence-corrected chi connectivity index (χ3v) is 4.65. The minimum Gasteiger partial charge on any atom is -0.365 e. The quantitative estimate of drug-likeness (QED) is 0.840. The first kappa shape index (κ1) is 14.4. The molecule has 2 amide bonds. The third-order valence-electron chi connectivity index (χ3n) is 3.31. The van der Waals surface area contributed by atoms with E-state index in [0.717, 1.165) is 28.2 Å². The van der Waals surface area contributed by atoms with Gasteiger partial charge < -0.3 is 5.32 Å². The molecule has 21 heavy (non-hydrogen) atoms. The van der Waals surface area contributed by atoms with E-state index >= 15 is 0 Å². The van der Waals surface area contributed by atoms with Gasteiger partial charge in [-0.15, -0.1) is 0 Å². The van der Waals surface area contributed by atoms with Gasteiger partial charge in [0.1, 0.15) is 0 Å². The Kier molecular flexibility index (Phi) is 4.17. The normalized spacial score (nSPS) is 18.5. The van der Waals surface area contributed by atoms with Crippen LogP contribution in [0.3, 0.4) is 0 Å². The number of nitrogens with zero attached hydrogens (tertiary/aromatic N) is 1. The molecule has 0 aliphatic carbocycles. The van der Waals surface area contributed by atoms with Crippen LogP contribution in [0.15, 0.2) is 42.5 Å². The summed E-state index contributed by atoms with van der Waals surface area (Å²) in [6.45, 7) is 0.401. The molecule has 0 aromatic heterocycles. The Morgan fingerprint density at radius 2 is 1.90 bits per heavy atom. The minimum absolute atomic E-state index is 0.183. The molecule has 2 aromatic carbocycles. The summed E-state index contributed by atoms with van der Waals surface area (Å²) in [5.74, 6) is -0.183. The predicted molar refractivity (Wildman–Crippen MR) is 89.9 cm³/mol. The monoisotopic (exact) mass is 364 g/mol. The molecule has 1 N–H and O–H groups in total. The van der Waals surface area contributed by atoms with Crippen LogP contribution in [-0.2, 0) is 4.79 Å². The number of carbonyl (C=O) groups is 2. The highest BCUT2D eigenvalue weighted by Crippen LogP contribution is 2.31. The van der Waals surface area contributed by atoms with Gasteiger partial charge in [-0.1, -0.05) is 52.3 Å². The van der Waals surface area contributed by atoms with Crippen LogP contribution in [0.4, 0.5) is 10.5 Å². The van der Waals surface area contributed by atoms with Crippen molar-refractivity contribution in [3.05, 3.63) is 42.5 Å². The fraction of sp³-hybridized carbons (Fsp3) is 0.200. The molecule has 1 saturated heterocycles. The third kappa shape index (κ3) is 2.78. The van der Waals surface area contributed by atoms with Gasteiger partial charge in [0.25, 0.3) is 11.1 Å². The summed E-state index contributed by atoms with van der Waals surface area (Å²) >= 11 is 4.29. The summed E-state index contributed by atoms with van der Waals surface area (Å²) < 4.78 is 0. The SMILES string of the molecule is O=C1S[C@@H](Nc2cccc3ccccc23)C(=O)N1CCBr. The smallest absolute Gasteiger partial charge is 0.290 e. The molecular formula is C15H13BrN2O2S. The summed E-state index contributed by atoms with van der Waals surface area (Å²) in [4.78, 5) is 25.4. The Balaban J connectivity index is 1.86. The van der Waals surface area contributed by atoms with Crippen LogP contribution in [0, 0.1) is 0 Å². The Bertz CT molecular complexity index is 702. The van der Waals surface area contributed by atoms with Crippen molar-refractivity contribution in [3.8, 4) is 0 Å². The van der Waals surface area contributed by atoms with E-state index in [1.807, 2.05) is 42.5 Å². The molecule has 0 bridgehead atoms. The zero-order valence-corrected chi connectivity index (χ0v) is 13.5. The van der Waals surface area contributed by atoms with Crippen LogP contribution < -0.4 is 5.32 Å². The van der Waals surface area contributed by atoms with Crippen molar-refractivity contribution >= 4 is 55.3 Å². The van der Waals surface area contributed by atoms with E-state index in [2.05, 4.69) is 21.2 Å². The van der Waals surface area contributed by atoms with E-state index in [-0.39, 0.29) is 11.1 Å². The van der Waals surface area contributed by atoms with Crippen molar-refractivity contribution in [1.82, 2.24) is 4.90 Å². The lowest BCUT2D eigenvalue weighted by atomic mass is 10.1. The van der Waals surface area contributed by atoms with E-state index in [9.17, 15) is 9.59 Å². The number of imide groups is 1. The molecular weight excluding hydrogens is 352 g/mol. The summed E-state index contributed by atoms with van der Waals surface area (Å²) in [6, 6.07) is 13.8. The first-order valence-electron chi connectivity index (χ1n) is 6.53. The van der Waals surface area contributed by atoms with Crippen LogP contribution in [0.2, 0.25) is 0 Å². The molecule has 0 radical (unpaired) electrons. The first-order valence-corrected chi connectivity index (χ1v) is 8.53. The second-order valence-electron chi connectivity index (χ2n) is 4.61. The van der Waals surface area contributed by atoms with Crippen LogP contribution in [0.5, 0.6) is 0 Å². The Morgan fingerprint density at radius 3 is 2.71 bits per heavy atom. The number of hydrogen-bond acceptors (Lipinski definition) is 4. The zero-order chi connectivity index (χ0) is 14.8. The number of thioether (sulfide) groups is 1. The largest absolute Gasteiger partial charge is 0.365 e. The lowest BCUT2D eigenvalue weighted by molar-refractivity contribution is -0.125. The molecule has 6 heteroatoms. The van der Waals surface area contributed by atoms with E-state index < -0.39 is 5.37 Å². The van der Waals surface area contributed by atoms with Gasteiger partial charge in [0.05, 0.1) is 0 Å². The van der Waals surface area contributed by atoms with Gasteiger partial charge >= 0.3 is 0 Å². The molecule has 1 atom stereocenters. The van der Waals surface area contributed by atoms with Crippen molar-refractivity contribution < 1.29 is 9.59 Å². The zero-order valence-electron chi connectivity index (χ0n) is 11.1. The molecule has 108 valence electrons. The Hall–Kier alpha value is -1.53. The van der Waals surface area contributed by atoms with Crippen molar-refractivity contribution in [2.75, 3.05) is 17.2 Å². The molecule has 2 aromatic rings. The second kappa shape index (κ2) is 6.07. The van der Waals surface area contributed by atoms with Gasteiger partial charge in [0.2, 0.25) is 0 Å². The fourth-order valence-corrected chi connectivity index (χ4v) is 3.59. The molecule has 4 nitrogen and oxygen atoms in total. The number of amides is 2. The highest BCUT2D eigenvalue weighted by atomic mass is 79.9. The number of alkyl halides is 1. The molecule has 1 heterocycles. The van der Waals surface area contributed by atoms with Crippen LogP contribution in [0.1, 0.15) is 0 Å². The molecule has 1 fully saturated rings. The maximum atomic E-state index is 12.2. The van der Waals surface area contributed by atoms with Gasteiger partial charge in [-0.25, -0.2) is 0 Å². The molecule has 0 unspecified atom stereocenters. The van der Waals surface area contributed by atoms with Crippen molar-refractivity contribution in [3.63, 3.8) is 0 Å². The standard InChI is InChI=1S/C15H13BrN2O2S/c16-8-9-18-14(19)13(21-15(18)20)17-12-7-3-5-10-4-1-2-6-11(10)12/h1-7,13,17H,8-9H2/t13-/m1/s1.